The van der Waals surface area contributed by atoms with Crippen molar-refractivity contribution in [3.8, 4) is 10.6 Å². The Kier molecular flexibility index (Phi) is 2.76. The summed E-state index contributed by atoms with van der Waals surface area (Å²) >= 11 is 0.839. The van der Waals surface area contributed by atoms with Crippen LogP contribution in [0.15, 0.2) is 18.2 Å². The predicted octanol–water partition coefficient (Wildman–Crippen LogP) is 2.37. The summed E-state index contributed by atoms with van der Waals surface area (Å²) in [6, 6.07) is 2.96. The minimum Gasteiger partial charge on any atom is -0.476 e. The molecule has 1 aromatic heterocycles. The summed E-state index contributed by atoms with van der Waals surface area (Å²) in [7, 11) is 0. The van der Waals surface area contributed by atoms with Crippen molar-refractivity contribution in [3.05, 3.63) is 35.5 Å². The zero-order valence-electron chi connectivity index (χ0n) is 8.28. The molecule has 4 nitrogen and oxygen atoms in total. The third-order valence-corrected chi connectivity index (χ3v) is 2.94. The number of thiazole rings is 1. The van der Waals surface area contributed by atoms with E-state index in [2.05, 4.69) is 4.98 Å². The normalized spacial score (nSPS) is 10.5. The first-order valence-electron chi connectivity index (χ1n) is 4.44. The summed E-state index contributed by atoms with van der Waals surface area (Å²) in [5, 5.41) is 8.84. The van der Waals surface area contributed by atoms with E-state index in [-0.39, 0.29) is 21.3 Å². The second kappa shape index (κ2) is 4.10. The van der Waals surface area contributed by atoms with Gasteiger partial charge in [-0.2, -0.15) is 0 Å². The smallest absolute Gasteiger partial charge is 0.357 e. The molecule has 0 amide bonds. The van der Waals surface area contributed by atoms with Gasteiger partial charge in [-0.05, 0) is 12.1 Å². The van der Waals surface area contributed by atoms with Gasteiger partial charge in [0, 0.05) is 11.6 Å². The molecule has 17 heavy (non-hydrogen) atoms. The van der Waals surface area contributed by atoms with Crippen molar-refractivity contribution < 1.29 is 18.7 Å². The SMILES string of the molecule is Nc1sc(-c2ccc(F)cc2F)nc1C(=O)O. The van der Waals surface area contributed by atoms with Gasteiger partial charge in [-0.1, -0.05) is 11.3 Å². The van der Waals surface area contributed by atoms with Crippen molar-refractivity contribution >= 4 is 22.3 Å². The monoisotopic (exact) mass is 256 g/mol. The molecule has 0 bridgehead atoms. The number of hydrogen-bond acceptors (Lipinski definition) is 4. The lowest BCUT2D eigenvalue weighted by atomic mass is 10.2. The zero-order valence-corrected chi connectivity index (χ0v) is 9.09. The highest BCUT2D eigenvalue weighted by Gasteiger charge is 2.18. The van der Waals surface area contributed by atoms with Gasteiger partial charge in [-0.25, -0.2) is 18.6 Å². The Morgan fingerprint density at radius 2 is 2.12 bits per heavy atom. The van der Waals surface area contributed by atoms with E-state index in [4.69, 9.17) is 10.8 Å². The van der Waals surface area contributed by atoms with Crippen LogP contribution < -0.4 is 5.73 Å². The summed E-state index contributed by atoms with van der Waals surface area (Å²) in [4.78, 5) is 14.4. The quantitative estimate of drug-likeness (QED) is 0.864. The van der Waals surface area contributed by atoms with Crippen LogP contribution >= 0.6 is 11.3 Å². The largest absolute Gasteiger partial charge is 0.476 e. The van der Waals surface area contributed by atoms with Gasteiger partial charge in [0.15, 0.2) is 5.69 Å². The topological polar surface area (TPSA) is 76.2 Å². The molecule has 0 saturated heterocycles. The highest BCUT2D eigenvalue weighted by Crippen LogP contribution is 2.31. The minimum atomic E-state index is -1.28. The van der Waals surface area contributed by atoms with Crippen LogP contribution in [0.5, 0.6) is 0 Å². The molecule has 0 saturated carbocycles. The fourth-order valence-corrected chi connectivity index (χ4v) is 2.11. The number of nitrogens with two attached hydrogens (primary N) is 1. The van der Waals surface area contributed by atoms with Gasteiger partial charge in [-0.3, -0.25) is 0 Å². The molecule has 0 atom stereocenters. The first kappa shape index (κ1) is 11.5. The Morgan fingerprint density at radius 1 is 1.41 bits per heavy atom. The Labute approximate surface area is 98.3 Å². The van der Waals surface area contributed by atoms with Crippen LogP contribution in [0.2, 0.25) is 0 Å². The molecule has 1 aromatic carbocycles. The molecule has 0 aliphatic carbocycles. The van der Waals surface area contributed by atoms with Gasteiger partial charge in [0.2, 0.25) is 0 Å². The zero-order chi connectivity index (χ0) is 12.6. The Hall–Kier alpha value is -2.02. The molecule has 0 aliphatic heterocycles. The molecule has 1 heterocycles. The number of anilines is 1. The average molecular weight is 256 g/mol. The highest BCUT2D eigenvalue weighted by atomic mass is 32.1. The van der Waals surface area contributed by atoms with Crippen LogP contribution in [0.3, 0.4) is 0 Å². The van der Waals surface area contributed by atoms with Gasteiger partial charge < -0.3 is 10.8 Å². The maximum absolute atomic E-state index is 13.4. The second-order valence-corrected chi connectivity index (χ2v) is 4.19. The van der Waals surface area contributed by atoms with E-state index >= 15 is 0 Å². The number of nitrogen functional groups attached to an aromatic ring is 1. The van der Waals surface area contributed by atoms with E-state index < -0.39 is 17.6 Å². The highest BCUT2D eigenvalue weighted by molar-refractivity contribution is 7.19. The molecule has 0 radical (unpaired) electrons. The van der Waals surface area contributed by atoms with Crippen LogP contribution in [-0.4, -0.2) is 16.1 Å². The average Bonchev–Trinajstić information content (AvgIpc) is 2.60. The number of nitrogens with zero attached hydrogens (tertiary/aromatic N) is 1. The molecule has 0 fully saturated rings. The lowest BCUT2D eigenvalue weighted by Gasteiger charge is -1.97. The summed E-state index contributed by atoms with van der Waals surface area (Å²) < 4.78 is 26.1. The van der Waals surface area contributed by atoms with Gasteiger partial charge in [0.05, 0.1) is 0 Å². The van der Waals surface area contributed by atoms with Gasteiger partial charge in [0.25, 0.3) is 0 Å². The third-order valence-electron chi connectivity index (χ3n) is 2.02. The van der Waals surface area contributed by atoms with Crippen LogP contribution in [0.25, 0.3) is 10.6 Å². The minimum absolute atomic E-state index is 0.0174. The van der Waals surface area contributed by atoms with Crippen molar-refractivity contribution in [1.29, 1.82) is 0 Å². The van der Waals surface area contributed by atoms with Crippen LogP contribution in [0.1, 0.15) is 10.5 Å². The molecule has 7 heteroatoms. The van der Waals surface area contributed by atoms with Gasteiger partial charge in [-0.15, -0.1) is 0 Å². The molecule has 88 valence electrons. The van der Waals surface area contributed by atoms with Crippen molar-refractivity contribution in [2.75, 3.05) is 5.73 Å². The number of rotatable bonds is 2. The number of aromatic carboxylic acids is 1. The van der Waals surface area contributed by atoms with Crippen molar-refractivity contribution in [1.82, 2.24) is 4.98 Å². The molecule has 0 unspecified atom stereocenters. The van der Waals surface area contributed by atoms with Crippen LogP contribution in [0.4, 0.5) is 13.8 Å². The number of benzene rings is 1. The Bertz CT molecular complexity index is 598. The van der Waals surface area contributed by atoms with Crippen molar-refractivity contribution in [3.63, 3.8) is 0 Å². The first-order valence-corrected chi connectivity index (χ1v) is 5.25. The summed E-state index contributed by atoms with van der Waals surface area (Å²) in [6.45, 7) is 0. The van der Waals surface area contributed by atoms with Gasteiger partial charge in [0.1, 0.15) is 21.6 Å². The van der Waals surface area contributed by atoms with E-state index in [1.54, 1.807) is 0 Å². The Morgan fingerprint density at radius 3 is 2.65 bits per heavy atom. The maximum atomic E-state index is 13.4. The number of carbonyl (C=O) groups is 1. The number of hydrogen-bond donors (Lipinski definition) is 2. The molecular formula is C10H6F2N2O2S. The first-order chi connectivity index (χ1) is 7.99. The predicted molar refractivity (Wildman–Crippen MR) is 58.8 cm³/mol. The van der Waals surface area contributed by atoms with Gasteiger partial charge >= 0.3 is 5.97 Å². The summed E-state index contributed by atoms with van der Waals surface area (Å²) in [5.41, 5.74) is 5.14. The Balaban J connectivity index is 2.53. The van der Waals surface area contributed by atoms with Crippen LogP contribution in [0, 0.1) is 11.6 Å². The number of aromatic nitrogens is 1. The fourth-order valence-electron chi connectivity index (χ4n) is 1.26. The van der Waals surface area contributed by atoms with E-state index in [0.717, 1.165) is 17.4 Å². The van der Waals surface area contributed by atoms with Crippen molar-refractivity contribution in [2.24, 2.45) is 0 Å². The van der Waals surface area contributed by atoms with E-state index in [0.29, 0.717) is 6.07 Å². The third kappa shape index (κ3) is 2.09. The number of halogens is 2. The molecule has 2 rings (SSSR count). The number of carboxylic acid groups (broad SMARTS) is 1. The molecular weight excluding hydrogens is 250 g/mol. The standard InChI is InChI=1S/C10H6F2N2O2S/c11-4-1-2-5(6(12)3-4)9-14-7(10(15)16)8(13)17-9/h1-3H,13H2,(H,15,16). The maximum Gasteiger partial charge on any atom is 0.357 e. The molecule has 0 spiro atoms. The fraction of sp³-hybridized carbons (Fsp3) is 0. The second-order valence-electron chi connectivity index (χ2n) is 3.16. The van der Waals surface area contributed by atoms with E-state index in [9.17, 15) is 13.6 Å². The lowest BCUT2D eigenvalue weighted by Crippen LogP contribution is -2.00. The lowest BCUT2D eigenvalue weighted by molar-refractivity contribution is 0.0692. The molecule has 2 aromatic rings. The summed E-state index contributed by atoms with van der Waals surface area (Å²) in [6.07, 6.45) is 0. The molecule has 0 aliphatic rings. The molecule has 3 N–H and O–H groups in total. The van der Waals surface area contributed by atoms with E-state index in [1.807, 2.05) is 0 Å². The van der Waals surface area contributed by atoms with Crippen LogP contribution in [-0.2, 0) is 0 Å². The van der Waals surface area contributed by atoms with E-state index in [1.165, 1.54) is 6.07 Å². The van der Waals surface area contributed by atoms with Crippen molar-refractivity contribution in [2.45, 2.75) is 0 Å². The summed E-state index contributed by atoms with van der Waals surface area (Å²) in [5.74, 6) is -2.81. The number of carboxylic acids is 1.